The Labute approximate surface area is 82.5 Å². The molecule has 0 unspecified atom stereocenters. The molecule has 4 nitrogen and oxygen atoms in total. The van der Waals surface area contributed by atoms with Crippen LogP contribution in [0.5, 0.6) is 5.75 Å². The van der Waals surface area contributed by atoms with Crippen LogP contribution in [-0.2, 0) is 11.2 Å². The van der Waals surface area contributed by atoms with Crippen molar-refractivity contribution in [3.05, 3.63) is 24.0 Å². The molecule has 76 valence electrons. The van der Waals surface area contributed by atoms with Crippen LogP contribution in [0.1, 0.15) is 18.4 Å². The van der Waals surface area contributed by atoms with Crippen LogP contribution in [0, 0.1) is 0 Å². The lowest BCUT2D eigenvalue weighted by atomic mass is 10.1. The van der Waals surface area contributed by atoms with Gasteiger partial charge in [0.15, 0.2) is 0 Å². The summed E-state index contributed by atoms with van der Waals surface area (Å²) in [4.78, 5) is 14.2. The zero-order valence-corrected chi connectivity index (χ0v) is 8.06. The maximum Gasteiger partial charge on any atom is 0.303 e. The average molecular weight is 195 g/mol. The van der Waals surface area contributed by atoms with Gasteiger partial charge in [-0.15, -0.1) is 0 Å². The summed E-state index contributed by atoms with van der Waals surface area (Å²) >= 11 is 0. The molecule has 0 aliphatic carbocycles. The van der Waals surface area contributed by atoms with Crippen molar-refractivity contribution in [2.24, 2.45) is 0 Å². The Balaban J connectivity index is 2.53. The quantitative estimate of drug-likeness (QED) is 0.773. The van der Waals surface area contributed by atoms with Crippen molar-refractivity contribution in [3.8, 4) is 5.75 Å². The Morgan fingerprint density at radius 2 is 2.43 bits per heavy atom. The van der Waals surface area contributed by atoms with E-state index >= 15 is 0 Å². The number of rotatable bonds is 5. The van der Waals surface area contributed by atoms with Gasteiger partial charge in [0.05, 0.1) is 13.3 Å². The highest BCUT2D eigenvalue weighted by atomic mass is 16.5. The van der Waals surface area contributed by atoms with Crippen LogP contribution in [0.25, 0.3) is 0 Å². The Morgan fingerprint density at radius 1 is 1.64 bits per heavy atom. The molecule has 0 saturated heterocycles. The second-order valence-corrected chi connectivity index (χ2v) is 2.93. The average Bonchev–Trinajstić information content (AvgIpc) is 2.18. The van der Waals surface area contributed by atoms with E-state index < -0.39 is 5.97 Å². The molecule has 0 amide bonds. The van der Waals surface area contributed by atoms with Crippen LogP contribution >= 0.6 is 0 Å². The van der Waals surface area contributed by atoms with Crippen molar-refractivity contribution < 1.29 is 14.6 Å². The maximum atomic E-state index is 10.3. The van der Waals surface area contributed by atoms with E-state index in [9.17, 15) is 4.79 Å². The summed E-state index contributed by atoms with van der Waals surface area (Å²) in [5, 5.41) is 8.47. The molecule has 0 aliphatic heterocycles. The van der Waals surface area contributed by atoms with Crippen LogP contribution in [-0.4, -0.2) is 23.2 Å². The lowest BCUT2D eigenvalue weighted by Gasteiger charge is -2.05. The van der Waals surface area contributed by atoms with Gasteiger partial charge in [-0.1, -0.05) is 0 Å². The zero-order valence-electron chi connectivity index (χ0n) is 8.06. The van der Waals surface area contributed by atoms with E-state index in [0.29, 0.717) is 12.8 Å². The molecular weight excluding hydrogens is 182 g/mol. The van der Waals surface area contributed by atoms with Crippen molar-refractivity contribution in [1.29, 1.82) is 0 Å². The first-order valence-electron chi connectivity index (χ1n) is 4.42. The molecule has 1 N–H and O–H groups in total. The fourth-order valence-electron chi connectivity index (χ4n) is 1.23. The summed E-state index contributed by atoms with van der Waals surface area (Å²) in [7, 11) is 1.58. The van der Waals surface area contributed by atoms with Crippen LogP contribution in [0.3, 0.4) is 0 Å². The van der Waals surface area contributed by atoms with Gasteiger partial charge in [0.25, 0.3) is 0 Å². The van der Waals surface area contributed by atoms with E-state index in [2.05, 4.69) is 4.98 Å². The molecule has 0 saturated carbocycles. The number of methoxy groups -OCH3 is 1. The molecule has 1 aromatic rings. The molecule has 1 heterocycles. The highest BCUT2D eigenvalue weighted by Crippen LogP contribution is 2.17. The first-order valence-corrected chi connectivity index (χ1v) is 4.42. The number of ether oxygens (including phenoxy) is 1. The Kier molecular flexibility index (Phi) is 3.91. The lowest BCUT2D eigenvalue weighted by Crippen LogP contribution is -1.97. The van der Waals surface area contributed by atoms with Gasteiger partial charge < -0.3 is 9.84 Å². The van der Waals surface area contributed by atoms with Crippen LogP contribution < -0.4 is 4.74 Å². The molecule has 0 aromatic carbocycles. The van der Waals surface area contributed by atoms with Gasteiger partial charge in [0.1, 0.15) is 5.75 Å². The van der Waals surface area contributed by atoms with Gasteiger partial charge in [0.2, 0.25) is 0 Å². The van der Waals surface area contributed by atoms with E-state index in [1.807, 2.05) is 6.07 Å². The highest BCUT2D eigenvalue weighted by molar-refractivity contribution is 5.66. The van der Waals surface area contributed by atoms with E-state index in [4.69, 9.17) is 9.84 Å². The molecule has 0 bridgehead atoms. The van der Waals surface area contributed by atoms with Crippen LogP contribution in [0.2, 0.25) is 0 Å². The Bertz CT molecular complexity index is 312. The molecule has 0 radical (unpaired) electrons. The number of hydrogen-bond acceptors (Lipinski definition) is 3. The molecule has 0 spiro atoms. The maximum absolute atomic E-state index is 10.3. The molecule has 0 fully saturated rings. The largest absolute Gasteiger partial charge is 0.495 e. The third-order valence-corrected chi connectivity index (χ3v) is 1.93. The van der Waals surface area contributed by atoms with Crippen molar-refractivity contribution >= 4 is 5.97 Å². The van der Waals surface area contributed by atoms with E-state index in [0.717, 1.165) is 11.3 Å². The van der Waals surface area contributed by atoms with Gasteiger partial charge in [-0.25, -0.2) is 0 Å². The van der Waals surface area contributed by atoms with Crippen LogP contribution in [0.4, 0.5) is 0 Å². The SMILES string of the molecule is COc1cnccc1CCCC(=O)O. The minimum Gasteiger partial charge on any atom is -0.495 e. The topological polar surface area (TPSA) is 59.4 Å². The van der Waals surface area contributed by atoms with Crippen molar-refractivity contribution in [3.63, 3.8) is 0 Å². The van der Waals surface area contributed by atoms with Crippen molar-refractivity contribution in [2.75, 3.05) is 7.11 Å². The summed E-state index contributed by atoms with van der Waals surface area (Å²) in [5.74, 6) is -0.0455. The minimum absolute atomic E-state index is 0.186. The number of carboxylic acids is 1. The minimum atomic E-state index is -0.766. The van der Waals surface area contributed by atoms with Gasteiger partial charge >= 0.3 is 5.97 Å². The monoisotopic (exact) mass is 195 g/mol. The number of pyridine rings is 1. The summed E-state index contributed by atoms with van der Waals surface area (Å²) in [6, 6.07) is 1.85. The lowest BCUT2D eigenvalue weighted by molar-refractivity contribution is -0.137. The summed E-state index contributed by atoms with van der Waals surface area (Å²) in [5.41, 5.74) is 1.00. The number of nitrogens with zero attached hydrogens (tertiary/aromatic N) is 1. The first-order chi connectivity index (χ1) is 6.74. The highest BCUT2D eigenvalue weighted by Gasteiger charge is 2.03. The summed E-state index contributed by atoms with van der Waals surface area (Å²) in [6.07, 6.45) is 4.83. The number of aromatic nitrogens is 1. The van der Waals surface area contributed by atoms with Gasteiger partial charge in [-0.3, -0.25) is 9.78 Å². The van der Waals surface area contributed by atoms with E-state index in [1.165, 1.54) is 0 Å². The van der Waals surface area contributed by atoms with E-state index in [1.54, 1.807) is 19.5 Å². The molecule has 1 aromatic heterocycles. The predicted octanol–water partition coefficient (Wildman–Crippen LogP) is 1.50. The predicted molar refractivity (Wildman–Crippen MR) is 51.4 cm³/mol. The van der Waals surface area contributed by atoms with Crippen molar-refractivity contribution in [2.45, 2.75) is 19.3 Å². The second kappa shape index (κ2) is 5.21. The second-order valence-electron chi connectivity index (χ2n) is 2.93. The zero-order chi connectivity index (χ0) is 10.4. The molecule has 0 aliphatic rings. The molecular formula is C10H13NO3. The van der Waals surface area contributed by atoms with Crippen LogP contribution in [0.15, 0.2) is 18.5 Å². The standard InChI is InChI=1S/C10H13NO3/c1-14-9-7-11-6-5-8(9)3-2-4-10(12)13/h5-7H,2-4H2,1H3,(H,12,13). The smallest absolute Gasteiger partial charge is 0.303 e. The van der Waals surface area contributed by atoms with Gasteiger partial charge in [-0.2, -0.15) is 0 Å². The Hall–Kier alpha value is -1.58. The molecule has 0 atom stereocenters. The number of hydrogen-bond donors (Lipinski definition) is 1. The number of aryl methyl sites for hydroxylation is 1. The fourth-order valence-corrected chi connectivity index (χ4v) is 1.23. The number of carbonyl (C=O) groups is 1. The third-order valence-electron chi connectivity index (χ3n) is 1.93. The first kappa shape index (κ1) is 10.5. The number of carboxylic acid groups (broad SMARTS) is 1. The third kappa shape index (κ3) is 3.05. The molecule has 1 rings (SSSR count). The summed E-state index contributed by atoms with van der Waals surface area (Å²) in [6.45, 7) is 0. The molecule has 14 heavy (non-hydrogen) atoms. The Morgan fingerprint density at radius 3 is 3.07 bits per heavy atom. The van der Waals surface area contributed by atoms with Gasteiger partial charge in [-0.05, 0) is 24.5 Å². The molecule has 4 heteroatoms. The van der Waals surface area contributed by atoms with Gasteiger partial charge in [0, 0.05) is 12.6 Å². The number of aliphatic carboxylic acids is 1. The normalized spacial score (nSPS) is 9.79. The van der Waals surface area contributed by atoms with E-state index in [-0.39, 0.29) is 6.42 Å². The summed E-state index contributed by atoms with van der Waals surface area (Å²) < 4.78 is 5.09. The fraction of sp³-hybridized carbons (Fsp3) is 0.400. The van der Waals surface area contributed by atoms with Crippen molar-refractivity contribution in [1.82, 2.24) is 4.98 Å².